The molecule has 0 aromatic rings. The SMILES string of the molecule is CC1CCCC(CO)(NC(=O)CCCN)C1. The van der Waals surface area contributed by atoms with Crippen LogP contribution >= 0.6 is 0 Å². The number of aliphatic hydroxyl groups is 1. The molecule has 0 spiro atoms. The first-order valence-electron chi connectivity index (χ1n) is 6.24. The molecule has 1 saturated carbocycles. The van der Waals surface area contributed by atoms with Crippen LogP contribution in [0.5, 0.6) is 0 Å². The Balaban J connectivity index is 2.49. The molecule has 0 heterocycles. The lowest BCUT2D eigenvalue weighted by Gasteiger charge is -2.39. The fourth-order valence-corrected chi connectivity index (χ4v) is 2.58. The first kappa shape index (κ1) is 13.5. The van der Waals surface area contributed by atoms with Gasteiger partial charge in [0.2, 0.25) is 5.91 Å². The van der Waals surface area contributed by atoms with E-state index in [-0.39, 0.29) is 18.1 Å². The summed E-state index contributed by atoms with van der Waals surface area (Å²) >= 11 is 0. The molecule has 4 N–H and O–H groups in total. The summed E-state index contributed by atoms with van der Waals surface area (Å²) in [6, 6.07) is 0. The van der Waals surface area contributed by atoms with Crippen LogP contribution in [0.2, 0.25) is 0 Å². The minimum Gasteiger partial charge on any atom is -0.394 e. The first-order chi connectivity index (χ1) is 7.62. The van der Waals surface area contributed by atoms with E-state index in [1.54, 1.807) is 0 Å². The molecule has 1 aliphatic carbocycles. The summed E-state index contributed by atoms with van der Waals surface area (Å²) in [5, 5.41) is 12.5. The number of rotatable bonds is 5. The Hall–Kier alpha value is -0.610. The van der Waals surface area contributed by atoms with E-state index < -0.39 is 0 Å². The molecule has 4 nitrogen and oxygen atoms in total. The average Bonchev–Trinajstić information content (AvgIpc) is 2.26. The van der Waals surface area contributed by atoms with Crippen LogP contribution in [0.25, 0.3) is 0 Å². The molecule has 0 aromatic carbocycles. The van der Waals surface area contributed by atoms with Crippen molar-refractivity contribution < 1.29 is 9.90 Å². The van der Waals surface area contributed by atoms with Crippen LogP contribution in [-0.4, -0.2) is 29.7 Å². The van der Waals surface area contributed by atoms with Crippen LogP contribution in [-0.2, 0) is 4.79 Å². The summed E-state index contributed by atoms with van der Waals surface area (Å²) in [7, 11) is 0. The smallest absolute Gasteiger partial charge is 0.220 e. The minimum atomic E-state index is -0.372. The third kappa shape index (κ3) is 3.76. The van der Waals surface area contributed by atoms with Gasteiger partial charge >= 0.3 is 0 Å². The largest absolute Gasteiger partial charge is 0.394 e. The highest BCUT2D eigenvalue weighted by Crippen LogP contribution is 2.31. The van der Waals surface area contributed by atoms with E-state index in [0.717, 1.165) is 19.3 Å². The van der Waals surface area contributed by atoms with Gasteiger partial charge in [0.05, 0.1) is 12.1 Å². The lowest BCUT2D eigenvalue weighted by Crippen LogP contribution is -2.53. The van der Waals surface area contributed by atoms with Crippen LogP contribution in [0.1, 0.15) is 45.4 Å². The number of nitrogens with one attached hydrogen (secondary N) is 1. The van der Waals surface area contributed by atoms with Crippen LogP contribution in [0, 0.1) is 5.92 Å². The zero-order valence-electron chi connectivity index (χ0n) is 10.2. The van der Waals surface area contributed by atoms with Gasteiger partial charge in [-0.3, -0.25) is 4.79 Å². The Morgan fingerprint density at radius 2 is 2.38 bits per heavy atom. The van der Waals surface area contributed by atoms with Crippen LogP contribution in [0.4, 0.5) is 0 Å². The van der Waals surface area contributed by atoms with E-state index >= 15 is 0 Å². The quantitative estimate of drug-likeness (QED) is 0.651. The monoisotopic (exact) mass is 228 g/mol. The molecule has 1 fully saturated rings. The number of carbonyl (C=O) groups excluding carboxylic acids is 1. The summed E-state index contributed by atoms with van der Waals surface area (Å²) in [5.41, 5.74) is 5.00. The van der Waals surface area contributed by atoms with Gasteiger partial charge in [-0.2, -0.15) is 0 Å². The van der Waals surface area contributed by atoms with Crippen molar-refractivity contribution in [2.24, 2.45) is 11.7 Å². The number of nitrogens with two attached hydrogens (primary N) is 1. The topological polar surface area (TPSA) is 75.3 Å². The van der Waals surface area contributed by atoms with Crippen molar-refractivity contribution in [3.8, 4) is 0 Å². The average molecular weight is 228 g/mol. The highest BCUT2D eigenvalue weighted by molar-refractivity contribution is 5.76. The summed E-state index contributed by atoms with van der Waals surface area (Å²) in [4.78, 5) is 11.7. The Morgan fingerprint density at radius 3 is 2.94 bits per heavy atom. The van der Waals surface area contributed by atoms with Crippen LogP contribution in [0.15, 0.2) is 0 Å². The van der Waals surface area contributed by atoms with Crippen molar-refractivity contribution in [3.05, 3.63) is 0 Å². The Labute approximate surface area is 97.6 Å². The lowest BCUT2D eigenvalue weighted by atomic mass is 9.76. The van der Waals surface area contributed by atoms with Gasteiger partial charge in [0, 0.05) is 6.42 Å². The molecule has 16 heavy (non-hydrogen) atoms. The highest BCUT2D eigenvalue weighted by Gasteiger charge is 2.35. The zero-order chi connectivity index (χ0) is 12.0. The maximum absolute atomic E-state index is 11.7. The van der Waals surface area contributed by atoms with Gasteiger partial charge in [-0.15, -0.1) is 0 Å². The molecule has 94 valence electrons. The molecule has 1 aliphatic rings. The highest BCUT2D eigenvalue weighted by atomic mass is 16.3. The molecule has 2 atom stereocenters. The van der Waals surface area contributed by atoms with Gasteiger partial charge in [-0.25, -0.2) is 0 Å². The number of carbonyl (C=O) groups is 1. The van der Waals surface area contributed by atoms with Gasteiger partial charge in [0.25, 0.3) is 0 Å². The van der Waals surface area contributed by atoms with Gasteiger partial charge in [-0.05, 0) is 31.7 Å². The fourth-order valence-electron chi connectivity index (χ4n) is 2.58. The molecule has 1 rings (SSSR count). The minimum absolute atomic E-state index is 0.0219. The predicted molar refractivity (Wildman–Crippen MR) is 63.9 cm³/mol. The van der Waals surface area contributed by atoms with Crippen molar-refractivity contribution in [1.82, 2.24) is 5.32 Å². The van der Waals surface area contributed by atoms with Crippen molar-refractivity contribution in [1.29, 1.82) is 0 Å². The van der Waals surface area contributed by atoms with Crippen LogP contribution in [0.3, 0.4) is 0 Å². The third-order valence-electron chi connectivity index (χ3n) is 3.41. The standard InChI is InChI=1S/C12H24N2O2/c1-10-4-2-6-12(8-10,9-15)14-11(16)5-3-7-13/h10,15H,2-9,13H2,1H3,(H,14,16). The van der Waals surface area contributed by atoms with Crippen molar-refractivity contribution in [2.75, 3.05) is 13.2 Å². The zero-order valence-corrected chi connectivity index (χ0v) is 10.2. The third-order valence-corrected chi connectivity index (χ3v) is 3.41. The molecule has 0 aromatic heterocycles. The normalized spacial score (nSPS) is 30.1. The fraction of sp³-hybridized carbons (Fsp3) is 0.917. The predicted octanol–water partition coefficient (Wildman–Crippen LogP) is 0.783. The molecular weight excluding hydrogens is 204 g/mol. The van der Waals surface area contributed by atoms with Gasteiger partial charge in [0.1, 0.15) is 0 Å². The van der Waals surface area contributed by atoms with E-state index in [0.29, 0.717) is 25.3 Å². The maximum Gasteiger partial charge on any atom is 0.220 e. The van der Waals surface area contributed by atoms with Gasteiger partial charge in [-0.1, -0.05) is 19.8 Å². The maximum atomic E-state index is 11.7. The number of hydrogen-bond donors (Lipinski definition) is 3. The Kier molecular flexibility index (Phi) is 5.22. The molecule has 0 saturated heterocycles. The number of amides is 1. The number of aliphatic hydroxyl groups excluding tert-OH is 1. The molecular formula is C12H24N2O2. The van der Waals surface area contributed by atoms with E-state index in [2.05, 4.69) is 12.2 Å². The second kappa shape index (κ2) is 6.21. The molecule has 0 radical (unpaired) electrons. The Bertz CT molecular complexity index is 233. The molecule has 4 heteroatoms. The van der Waals surface area contributed by atoms with E-state index in [1.807, 2.05) is 0 Å². The van der Waals surface area contributed by atoms with Crippen LogP contribution < -0.4 is 11.1 Å². The van der Waals surface area contributed by atoms with Gasteiger partial charge < -0.3 is 16.2 Å². The van der Waals surface area contributed by atoms with E-state index in [9.17, 15) is 9.90 Å². The molecule has 2 unspecified atom stereocenters. The van der Waals surface area contributed by atoms with Crippen molar-refractivity contribution >= 4 is 5.91 Å². The second-order valence-corrected chi connectivity index (χ2v) is 5.08. The van der Waals surface area contributed by atoms with E-state index in [4.69, 9.17) is 5.73 Å². The second-order valence-electron chi connectivity index (χ2n) is 5.08. The number of hydrogen-bond acceptors (Lipinski definition) is 3. The Morgan fingerprint density at radius 1 is 1.62 bits per heavy atom. The van der Waals surface area contributed by atoms with Crippen molar-refractivity contribution in [2.45, 2.75) is 51.0 Å². The summed E-state index contributed by atoms with van der Waals surface area (Å²) in [6.45, 7) is 2.76. The van der Waals surface area contributed by atoms with E-state index in [1.165, 1.54) is 6.42 Å². The van der Waals surface area contributed by atoms with Crippen molar-refractivity contribution in [3.63, 3.8) is 0 Å². The molecule has 0 bridgehead atoms. The molecule has 0 aliphatic heterocycles. The summed E-state index contributed by atoms with van der Waals surface area (Å²) in [5.74, 6) is 0.601. The first-order valence-corrected chi connectivity index (χ1v) is 6.24. The summed E-state index contributed by atoms with van der Waals surface area (Å²) in [6.07, 6.45) is 5.23. The lowest BCUT2D eigenvalue weighted by molar-refractivity contribution is -0.124. The molecule has 1 amide bonds. The van der Waals surface area contributed by atoms with Gasteiger partial charge in [0.15, 0.2) is 0 Å². The summed E-state index contributed by atoms with van der Waals surface area (Å²) < 4.78 is 0.